The first-order chi connectivity index (χ1) is 11.1. The number of carbonyl (C=O) groups is 1. The molecule has 0 atom stereocenters. The van der Waals surface area contributed by atoms with Gasteiger partial charge >= 0.3 is 5.97 Å². The van der Waals surface area contributed by atoms with Crippen molar-refractivity contribution in [1.29, 1.82) is 0 Å². The quantitative estimate of drug-likeness (QED) is 0.868. The fourth-order valence-corrected chi connectivity index (χ4v) is 3.75. The molecule has 2 aromatic carbocycles. The van der Waals surface area contributed by atoms with E-state index in [9.17, 15) is 9.90 Å². The molecular weight excluding hydrogens is 284 g/mol. The van der Waals surface area contributed by atoms with E-state index in [1.807, 2.05) is 36.4 Å². The molecular formula is C21H22O2. The first kappa shape index (κ1) is 15.5. The molecule has 1 N–H and O–H groups in total. The van der Waals surface area contributed by atoms with Crippen LogP contribution in [0.15, 0.2) is 71.8 Å². The topological polar surface area (TPSA) is 37.3 Å². The molecule has 1 aliphatic rings. The van der Waals surface area contributed by atoms with Crippen LogP contribution in [0.3, 0.4) is 0 Å². The average molecular weight is 306 g/mol. The van der Waals surface area contributed by atoms with E-state index in [-0.39, 0.29) is 0 Å². The van der Waals surface area contributed by atoms with Gasteiger partial charge in [0.25, 0.3) is 0 Å². The number of hydrogen-bond donors (Lipinski definition) is 1. The van der Waals surface area contributed by atoms with Crippen LogP contribution in [-0.4, -0.2) is 11.1 Å². The van der Waals surface area contributed by atoms with E-state index in [0.717, 1.165) is 36.0 Å². The molecule has 23 heavy (non-hydrogen) atoms. The molecule has 0 saturated carbocycles. The molecule has 0 unspecified atom stereocenters. The van der Waals surface area contributed by atoms with Crippen molar-refractivity contribution >= 4 is 5.97 Å². The molecule has 118 valence electrons. The van der Waals surface area contributed by atoms with Crippen LogP contribution < -0.4 is 0 Å². The Balaban J connectivity index is 2.26. The number of allylic oxidation sites excluding steroid dienone is 1. The van der Waals surface area contributed by atoms with Crippen LogP contribution in [0.4, 0.5) is 0 Å². The molecule has 0 aromatic heterocycles. The van der Waals surface area contributed by atoms with Crippen molar-refractivity contribution < 1.29 is 9.90 Å². The number of rotatable bonds is 4. The highest BCUT2D eigenvalue weighted by Crippen LogP contribution is 2.45. The average Bonchev–Trinajstić information content (AvgIpc) is 2.62. The lowest BCUT2D eigenvalue weighted by Gasteiger charge is -2.37. The summed E-state index contributed by atoms with van der Waals surface area (Å²) in [6.07, 6.45) is 3.54. The second kappa shape index (κ2) is 6.41. The SMILES string of the molecule is CC(C1=C(C(=O)O)CCCC1)(c1ccccc1)c1ccccc1. The van der Waals surface area contributed by atoms with E-state index in [1.165, 1.54) is 0 Å². The molecule has 2 heteroatoms. The fourth-order valence-electron chi connectivity index (χ4n) is 3.75. The molecule has 3 rings (SSSR count). The monoisotopic (exact) mass is 306 g/mol. The Morgan fingerprint density at radius 2 is 1.35 bits per heavy atom. The van der Waals surface area contributed by atoms with Gasteiger partial charge in [-0.2, -0.15) is 0 Å². The molecule has 0 radical (unpaired) electrons. The maximum atomic E-state index is 11.8. The van der Waals surface area contributed by atoms with Crippen LogP contribution in [0.25, 0.3) is 0 Å². The Morgan fingerprint density at radius 1 is 0.870 bits per heavy atom. The minimum Gasteiger partial charge on any atom is -0.478 e. The summed E-state index contributed by atoms with van der Waals surface area (Å²) in [7, 11) is 0. The van der Waals surface area contributed by atoms with Gasteiger partial charge in [0.1, 0.15) is 0 Å². The van der Waals surface area contributed by atoms with Gasteiger partial charge in [-0.15, -0.1) is 0 Å². The minimum atomic E-state index is -0.766. The third-order valence-electron chi connectivity index (χ3n) is 5.03. The normalized spacial score (nSPS) is 15.5. The molecule has 0 heterocycles. The van der Waals surface area contributed by atoms with Gasteiger partial charge in [0.15, 0.2) is 0 Å². The summed E-state index contributed by atoms with van der Waals surface area (Å²) in [5, 5.41) is 9.71. The summed E-state index contributed by atoms with van der Waals surface area (Å²) in [5.41, 5.74) is 3.58. The number of aliphatic carboxylic acids is 1. The second-order valence-corrected chi connectivity index (χ2v) is 6.33. The number of hydrogen-bond acceptors (Lipinski definition) is 1. The zero-order valence-electron chi connectivity index (χ0n) is 13.5. The van der Waals surface area contributed by atoms with E-state index in [4.69, 9.17) is 0 Å². The van der Waals surface area contributed by atoms with E-state index < -0.39 is 11.4 Å². The lowest BCUT2D eigenvalue weighted by atomic mass is 9.66. The van der Waals surface area contributed by atoms with Crippen LogP contribution >= 0.6 is 0 Å². The Labute approximate surface area is 137 Å². The van der Waals surface area contributed by atoms with Crippen molar-refractivity contribution in [3.05, 3.63) is 82.9 Å². The lowest BCUT2D eigenvalue weighted by molar-refractivity contribution is -0.133. The summed E-state index contributed by atoms with van der Waals surface area (Å²) in [4.78, 5) is 11.8. The molecule has 0 aliphatic heterocycles. The van der Waals surface area contributed by atoms with Gasteiger partial charge in [-0.1, -0.05) is 60.7 Å². The van der Waals surface area contributed by atoms with Gasteiger partial charge in [-0.25, -0.2) is 4.79 Å². The summed E-state index contributed by atoms with van der Waals surface area (Å²) in [6, 6.07) is 20.5. The van der Waals surface area contributed by atoms with Gasteiger partial charge < -0.3 is 5.11 Å². The van der Waals surface area contributed by atoms with Crippen LogP contribution in [0.1, 0.15) is 43.7 Å². The summed E-state index contributed by atoms with van der Waals surface area (Å²) in [6.45, 7) is 2.17. The van der Waals surface area contributed by atoms with Crippen LogP contribution in [0.5, 0.6) is 0 Å². The Bertz CT molecular complexity index is 675. The standard InChI is InChI=1S/C21H22O2/c1-21(16-10-4-2-5-11-16,17-12-6-3-7-13-17)19-15-9-8-14-18(19)20(22)23/h2-7,10-13H,8-9,14-15H2,1H3,(H,22,23). The minimum absolute atomic E-state index is 0.392. The Morgan fingerprint density at radius 3 is 1.83 bits per heavy atom. The number of carboxylic acid groups (broad SMARTS) is 1. The van der Waals surface area contributed by atoms with Gasteiger partial charge in [-0.05, 0) is 49.3 Å². The predicted octanol–water partition coefficient (Wildman–Crippen LogP) is 4.95. The van der Waals surface area contributed by atoms with Crippen molar-refractivity contribution in [2.45, 2.75) is 38.0 Å². The molecule has 0 saturated heterocycles. The first-order valence-corrected chi connectivity index (χ1v) is 8.21. The first-order valence-electron chi connectivity index (χ1n) is 8.21. The number of carboxylic acids is 1. The smallest absolute Gasteiger partial charge is 0.331 e. The molecule has 1 aliphatic carbocycles. The Hall–Kier alpha value is -2.35. The van der Waals surface area contributed by atoms with Crippen LogP contribution in [-0.2, 0) is 10.2 Å². The highest BCUT2D eigenvalue weighted by atomic mass is 16.4. The van der Waals surface area contributed by atoms with Crippen molar-refractivity contribution in [2.75, 3.05) is 0 Å². The molecule has 2 nitrogen and oxygen atoms in total. The third kappa shape index (κ3) is 2.81. The zero-order valence-corrected chi connectivity index (χ0v) is 13.5. The molecule has 0 spiro atoms. The highest BCUT2D eigenvalue weighted by molar-refractivity contribution is 5.88. The van der Waals surface area contributed by atoms with E-state index in [0.29, 0.717) is 12.0 Å². The number of benzene rings is 2. The molecule has 0 amide bonds. The second-order valence-electron chi connectivity index (χ2n) is 6.33. The van der Waals surface area contributed by atoms with Gasteiger partial charge in [0, 0.05) is 11.0 Å². The summed E-state index contributed by atoms with van der Waals surface area (Å²) < 4.78 is 0. The van der Waals surface area contributed by atoms with Gasteiger partial charge in [-0.3, -0.25) is 0 Å². The van der Waals surface area contributed by atoms with E-state index in [1.54, 1.807) is 0 Å². The zero-order chi connectivity index (χ0) is 16.3. The molecule has 2 aromatic rings. The molecule has 0 fully saturated rings. The van der Waals surface area contributed by atoms with Crippen molar-refractivity contribution in [3.8, 4) is 0 Å². The van der Waals surface area contributed by atoms with Gasteiger partial charge in [0.2, 0.25) is 0 Å². The lowest BCUT2D eigenvalue weighted by Crippen LogP contribution is -2.30. The van der Waals surface area contributed by atoms with E-state index >= 15 is 0 Å². The van der Waals surface area contributed by atoms with Crippen LogP contribution in [0.2, 0.25) is 0 Å². The predicted molar refractivity (Wildman–Crippen MR) is 92.5 cm³/mol. The third-order valence-corrected chi connectivity index (χ3v) is 5.03. The van der Waals surface area contributed by atoms with Crippen molar-refractivity contribution in [2.24, 2.45) is 0 Å². The summed E-state index contributed by atoms with van der Waals surface area (Å²) >= 11 is 0. The maximum Gasteiger partial charge on any atom is 0.331 e. The summed E-state index contributed by atoms with van der Waals surface area (Å²) in [5.74, 6) is -0.766. The highest BCUT2D eigenvalue weighted by Gasteiger charge is 2.37. The van der Waals surface area contributed by atoms with Crippen LogP contribution in [0, 0.1) is 0 Å². The van der Waals surface area contributed by atoms with Crippen molar-refractivity contribution in [1.82, 2.24) is 0 Å². The fraction of sp³-hybridized carbons (Fsp3) is 0.286. The molecule has 0 bridgehead atoms. The Kier molecular flexibility index (Phi) is 4.33. The largest absolute Gasteiger partial charge is 0.478 e. The van der Waals surface area contributed by atoms with Gasteiger partial charge in [0.05, 0.1) is 0 Å². The van der Waals surface area contributed by atoms with Crippen molar-refractivity contribution in [3.63, 3.8) is 0 Å². The van der Waals surface area contributed by atoms with E-state index in [2.05, 4.69) is 31.2 Å². The maximum absolute atomic E-state index is 11.8.